The number of carbonyl (C=O) groups excluding carboxylic acids is 1. The number of esters is 1. The lowest BCUT2D eigenvalue weighted by Crippen LogP contribution is -2.09. The molecule has 68 valence electrons. The van der Waals surface area contributed by atoms with Crippen molar-refractivity contribution in [2.45, 2.75) is 12.2 Å². The Bertz CT molecular complexity index is 312. The second-order valence-electron chi connectivity index (χ2n) is 2.78. The molecule has 0 N–H and O–H groups in total. The molecule has 4 heteroatoms. The van der Waals surface area contributed by atoms with Crippen molar-refractivity contribution in [2.75, 3.05) is 7.11 Å². The normalized spacial score (nSPS) is 25.3. The van der Waals surface area contributed by atoms with Gasteiger partial charge >= 0.3 is 5.97 Å². The van der Waals surface area contributed by atoms with E-state index in [-0.39, 0.29) is 12.1 Å². The van der Waals surface area contributed by atoms with Crippen molar-refractivity contribution in [2.24, 2.45) is 0 Å². The van der Waals surface area contributed by atoms with E-state index in [1.54, 1.807) is 12.4 Å². The molecule has 1 aliphatic rings. The lowest BCUT2D eigenvalue weighted by atomic mass is 10.1. The van der Waals surface area contributed by atoms with E-state index < -0.39 is 6.10 Å². The largest absolute Gasteiger partial charge is 0.467 e. The Morgan fingerprint density at radius 3 is 2.85 bits per heavy atom. The van der Waals surface area contributed by atoms with Crippen LogP contribution in [0, 0.1) is 0 Å². The van der Waals surface area contributed by atoms with E-state index in [1.807, 2.05) is 12.1 Å². The molecular weight excluding hydrogens is 170 g/mol. The zero-order valence-corrected chi connectivity index (χ0v) is 7.14. The number of epoxide rings is 1. The fraction of sp³-hybridized carbons (Fsp3) is 0.333. The van der Waals surface area contributed by atoms with Crippen LogP contribution >= 0.6 is 0 Å². The van der Waals surface area contributed by atoms with Crippen LogP contribution in [0.5, 0.6) is 0 Å². The molecule has 1 aromatic heterocycles. The van der Waals surface area contributed by atoms with Gasteiger partial charge in [-0.2, -0.15) is 0 Å². The van der Waals surface area contributed by atoms with Crippen molar-refractivity contribution < 1.29 is 14.3 Å². The van der Waals surface area contributed by atoms with E-state index in [2.05, 4.69) is 9.72 Å². The summed E-state index contributed by atoms with van der Waals surface area (Å²) in [5.74, 6) is -0.318. The summed E-state index contributed by atoms with van der Waals surface area (Å²) in [7, 11) is 1.35. The smallest absolute Gasteiger partial charge is 0.338 e. The predicted molar refractivity (Wildman–Crippen MR) is 43.9 cm³/mol. The Kier molecular flexibility index (Phi) is 1.98. The summed E-state index contributed by atoms with van der Waals surface area (Å²) >= 11 is 0. The van der Waals surface area contributed by atoms with E-state index >= 15 is 0 Å². The van der Waals surface area contributed by atoms with E-state index in [9.17, 15) is 4.79 Å². The highest BCUT2D eigenvalue weighted by Crippen LogP contribution is 2.38. The summed E-state index contributed by atoms with van der Waals surface area (Å²) in [5.41, 5.74) is 0.963. The maximum atomic E-state index is 11.0. The van der Waals surface area contributed by atoms with Gasteiger partial charge in [-0.3, -0.25) is 4.98 Å². The van der Waals surface area contributed by atoms with Crippen LogP contribution in [0.4, 0.5) is 0 Å². The number of aromatic nitrogens is 1. The van der Waals surface area contributed by atoms with Gasteiger partial charge in [-0.1, -0.05) is 0 Å². The second kappa shape index (κ2) is 3.14. The minimum absolute atomic E-state index is 0.143. The standard InChI is InChI=1S/C9H9NO3/c1-12-9(11)8-7(13-8)6-2-4-10-5-3-6/h2-5,7-8H,1H3/t7-,8-/m1/s1. The molecule has 1 fully saturated rings. The highest BCUT2D eigenvalue weighted by molar-refractivity contribution is 5.78. The molecule has 4 nitrogen and oxygen atoms in total. The van der Waals surface area contributed by atoms with Gasteiger partial charge in [-0.15, -0.1) is 0 Å². The van der Waals surface area contributed by atoms with Crippen molar-refractivity contribution in [3.05, 3.63) is 30.1 Å². The lowest BCUT2D eigenvalue weighted by Gasteiger charge is -1.93. The fourth-order valence-corrected chi connectivity index (χ4v) is 1.21. The van der Waals surface area contributed by atoms with Crippen LogP contribution in [0.1, 0.15) is 11.7 Å². The molecule has 1 aliphatic heterocycles. The molecule has 0 saturated carbocycles. The SMILES string of the molecule is COC(=O)[C@@H]1O[C@@H]1c1ccncc1. The molecule has 2 rings (SSSR count). The topological polar surface area (TPSA) is 51.7 Å². The average Bonchev–Trinajstić information content (AvgIpc) is 2.98. The van der Waals surface area contributed by atoms with E-state index in [4.69, 9.17) is 4.74 Å². The van der Waals surface area contributed by atoms with Crippen molar-refractivity contribution >= 4 is 5.97 Å². The maximum Gasteiger partial charge on any atom is 0.338 e. The molecule has 2 heterocycles. The zero-order chi connectivity index (χ0) is 9.26. The van der Waals surface area contributed by atoms with Gasteiger partial charge < -0.3 is 9.47 Å². The molecule has 1 saturated heterocycles. The van der Waals surface area contributed by atoms with Crippen LogP contribution in [-0.2, 0) is 14.3 Å². The second-order valence-corrected chi connectivity index (χ2v) is 2.78. The van der Waals surface area contributed by atoms with Gasteiger partial charge in [-0.05, 0) is 17.7 Å². The molecule has 0 radical (unpaired) electrons. The number of pyridine rings is 1. The van der Waals surface area contributed by atoms with Crippen molar-refractivity contribution in [3.63, 3.8) is 0 Å². The van der Waals surface area contributed by atoms with Gasteiger partial charge in [0.2, 0.25) is 0 Å². The number of methoxy groups -OCH3 is 1. The molecule has 13 heavy (non-hydrogen) atoms. The fourth-order valence-electron chi connectivity index (χ4n) is 1.21. The van der Waals surface area contributed by atoms with Crippen molar-refractivity contribution in [3.8, 4) is 0 Å². The van der Waals surface area contributed by atoms with Gasteiger partial charge in [-0.25, -0.2) is 4.79 Å². The molecular formula is C9H9NO3. The molecule has 0 bridgehead atoms. The molecule has 1 aromatic rings. The zero-order valence-electron chi connectivity index (χ0n) is 7.14. The molecule has 0 spiro atoms. The molecule has 0 unspecified atom stereocenters. The Labute approximate surface area is 75.5 Å². The number of hydrogen-bond donors (Lipinski definition) is 0. The summed E-state index contributed by atoms with van der Waals surface area (Å²) in [6, 6.07) is 3.65. The Morgan fingerprint density at radius 2 is 2.23 bits per heavy atom. The highest BCUT2D eigenvalue weighted by atomic mass is 16.6. The number of rotatable bonds is 2. The monoisotopic (exact) mass is 179 g/mol. The first kappa shape index (κ1) is 8.19. The summed E-state index contributed by atoms with van der Waals surface area (Å²) in [4.78, 5) is 14.9. The minimum Gasteiger partial charge on any atom is -0.467 e. The van der Waals surface area contributed by atoms with Gasteiger partial charge in [0.15, 0.2) is 6.10 Å². The van der Waals surface area contributed by atoms with Gasteiger partial charge in [0, 0.05) is 12.4 Å². The Morgan fingerprint density at radius 1 is 1.54 bits per heavy atom. The number of hydrogen-bond acceptors (Lipinski definition) is 4. The van der Waals surface area contributed by atoms with Crippen LogP contribution in [0.15, 0.2) is 24.5 Å². The third-order valence-electron chi connectivity index (χ3n) is 1.96. The lowest BCUT2D eigenvalue weighted by molar-refractivity contribution is -0.142. The van der Waals surface area contributed by atoms with Gasteiger partial charge in [0.25, 0.3) is 0 Å². The quantitative estimate of drug-likeness (QED) is 0.495. The molecule has 2 atom stereocenters. The predicted octanol–water partition coefficient (Wildman–Crippen LogP) is 0.694. The highest BCUT2D eigenvalue weighted by Gasteiger charge is 2.47. The van der Waals surface area contributed by atoms with E-state index in [0.29, 0.717) is 0 Å². The number of ether oxygens (including phenoxy) is 2. The molecule has 0 amide bonds. The first-order valence-corrected chi connectivity index (χ1v) is 3.96. The summed E-state index contributed by atoms with van der Waals surface area (Å²) in [6.07, 6.45) is 2.78. The molecule has 0 aromatic carbocycles. The van der Waals surface area contributed by atoms with Crippen LogP contribution in [0.2, 0.25) is 0 Å². The summed E-state index contributed by atoms with van der Waals surface area (Å²) < 4.78 is 9.70. The van der Waals surface area contributed by atoms with Crippen LogP contribution in [-0.4, -0.2) is 24.2 Å². The summed E-state index contributed by atoms with van der Waals surface area (Å²) in [6.45, 7) is 0. The first-order chi connectivity index (χ1) is 6.33. The van der Waals surface area contributed by atoms with Crippen LogP contribution in [0.3, 0.4) is 0 Å². The minimum atomic E-state index is -0.424. The third kappa shape index (κ3) is 1.53. The van der Waals surface area contributed by atoms with Crippen molar-refractivity contribution in [1.82, 2.24) is 4.98 Å². The average molecular weight is 179 g/mol. The van der Waals surface area contributed by atoms with Gasteiger partial charge in [0.1, 0.15) is 6.10 Å². The van der Waals surface area contributed by atoms with E-state index in [0.717, 1.165) is 5.56 Å². The number of carbonyl (C=O) groups is 1. The summed E-state index contributed by atoms with van der Waals surface area (Å²) in [5, 5.41) is 0. The Balaban J connectivity index is 2.04. The number of nitrogens with zero attached hydrogens (tertiary/aromatic N) is 1. The van der Waals surface area contributed by atoms with E-state index in [1.165, 1.54) is 7.11 Å². The van der Waals surface area contributed by atoms with Crippen LogP contribution < -0.4 is 0 Å². The first-order valence-electron chi connectivity index (χ1n) is 3.96. The van der Waals surface area contributed by atoms with Crippen molar-refractivity contribution in [1.29, 1.82) is 0 Å². The molecule has 0 aliphatic carbocycles. The third-order valence-corrected chi connectivity index (χ3v) is 1.96. The maximum absolute atomic E-state index is 11.0. The Hall–Kier alpha value is -1.42. The van der Waals surface area contributed by atoms with Gasteiger partial charge in [0.05, 0.1) is 7.11 Å². The van der Waals surface area contributed by atoms with Crippen LogP contribution in [0.25, 0.3) is 0 Å².